The van der Waals surface area contributed by atoms with Crippen LogP contribution in [0.15, 0.2) is 102 Å². The number of nitrogens with one attached hydrogen (secondary N) is 1. The summed E-state index contributed by atoms with van der Waals surface area (Å²) in [5.41, 5.74) is 2.87. The zero-order valence-corrected chi connectivity index (χ0v) is 19.4. The molecule has 0 aliphatic rings. The number of rotatable bonds is 7. The van der Waals surface area contributed by atoms with Gasteiger partial charge in [0.25, 0.3) is 0 Å². The van der Waals surface area contributed by atoms with Crippen molar-refractivity contribution in [2.24, 2.45) is 0 Å². The van der Waals surface area contributed by atoms with Crippen molar-refractivity contribution in [2.45, 2.75) is 23.9 Å². The van der Waals surface area contributed by atoms with Gasteiger partial charge in [0.2, 0.25) is 5.91 Å². The van der Waals surface area contributed by atoms with E-state index in [0.717, 1.165) is 33.4 Å². The number of hydrogen-bond acceptors (Lipinski definition) is 5. The first-order valence-corrected chi connectivity index (χ1v) is 11.9. The van der Waals surface area contributed by atoms with Crippen molar-refractivity contribution in [2.75, 3.05) is 5.32 Å². The summed E-state index contributed by atoms with van der Waals surface area (Å²) in [5, 5.41) is 14.4. The highest BCUT2D eigenvalue weighted by molar-refractivity contribution is 8.00. The summed E-state index contributed by atoms with van der Waals surface area (Å²) in [7, 11) is 0. The Balaban J connectivity index is 1.41. The summed E-state index contributed by atoms with van der Waals surface area (Å²) in [6.07, 6.45) is 3.48. The number of benzene rings is 3. The molecule has 0 fully saturated rings. The number of fused-ring (bicyclic) bond motifs is 1. The number of aromatic nitrogens is 4. The van der Waals surface area contributed by atoms with Crippen LogP contribution in [0, 0.1) is 0 Å². The Morgan fingerprint density at radius 3 is 2.47 bits per heavy atom. The second kappa shape index (κ2) is 9.89. The molecule has 34 heavy (non-hydrogen) atoms. The van der Waals surface area contributed by atoms with Crippen LogP contribution >= 0.6 is 11.8 Å². The lowest BCUT2D eigenvalue weighted by molar-refractivity contribution is -0.115. The number of hydrogen-bond donors (Lipinski definition) is 1. The highest BCUT2D eigenvalue weighted by atomic mass is 32.2. The first kappa shape index (κ1) is 21.9. The van der Waals surface area contributed by atoms with E-state index < -0.39 is 0 Å². The fourth-order valence-corrected chi connectivity index (χ4v) is 4.63. The molecular formula is C27H23N5OS. The molecule has 0 saturated carbocycles. The maximum atomic E-state index is 13.1. The topological polar surface area (TPSA) is 72.7 Å². The number of carbonyl (C=O) groups excluding carboxylic acids is 1. The van der Waals surface area contributed by atoms with E-state index in [1.165, 1.54) is 11.8 Å². The van der Waals surface area contributed by atoms with Gasteiger partial charge in [0.15, 0.2) is 11.0 Å². The Morgan fingerprint density at radius 1 is 0.912 bits per heavy atom. The van der Waals surface area contributed by atoms with Gasteiger partial charge in [0.05, 0.1) is 11.8 Å². The predicted octanol–water partition coefficient (Wildman–Crippen LogP) is 5.66. The third-order valence-corrected chi connectivity index (χ3v) is 6.62. The molecule has 0 aliphatic carbocycles. The minimum absolute atomic E-state index is 0.0823. The Labute approximate surface area is 202 Å². The van der Waals surface area contributed by atoms with Crippen molar-refractivity contribution in [3.05, 3.63) is 103 Å². The minimum Gasteiger partial charge on any atom is -0.325 e. The van der Waals surface area contributed by atoms with Crippen LogP contribution in [-0.2, 0) is 11.3 Å². The second-order valence-corrected chi connectivity index (χ2v) is 9.20. The van der Waals surface area contributed by atoms with Gasteiger partial charge in [0, 0.05) is 29.0 Å². The minimum atomic E-state index is -0.372. The molecule has 1 atom stereocenters. The zero-order valence-electron chi connectivity index (χ0n) is 18.6. The summed E-state index contributed by atoms with van der Waals surface area (Å²) in [6.45, 7) is 2.49. The van der Waals surface area contributed by atoms with Gasteiger partial charge in [-0.3, -0.25) is 14.3 Å². The molecule has 6 nitrogen and oxygen atoms in total. The molecule has 1 N–H and O–H groups in total. The molecule has 1 unspecified atom stereocenters. The summed E-state index contributed by atoms with van der Waals surface area (Å²) in [6, 6.07) is 27.9. The smallest absolute Gasteiger partial charge is 0.237 e. The van der Waals surface area contributed by atoms with E-state index in [0.29, 0.717) is 11.7 Å². The summed E-state index contributed by atoms with van der Waals surface area (Å²) < 4.78 is 2.05. The van der Waals surface area contributed by atoms with Crippen LogP contribution < -0.4 is 5.32 Å². The molecule has 0 bridgehead atoms. The van der Waals surface area contributed by atoms with Crippen LogP contribution in [0.2, 0.25) is 0 Å². The molecule has 5 rings (SSSR count). The molecule has 0 saturated heterocycles. The van der Waals surface area contributed by atoms with Crippen molar-refractivity contribution in [1.29, 1.82) is 0 Å². The van der Waals surface area contributed by atoms with Gasteiger partial charge in [-0.2, -0.15) is 0 Å². The number of pyridine rings is 1. The molecule has 2 heterocycles. The number of thioether (sulfide) groups is 1. The average molecular weight is 466 g/mol. The Morgan fingerprint density at radius 2 is 1.65 bits per heavy atom. The fourth-order valence-electron chi connectivity index (χ4n) is 3.78. The molecule has 1 amide bonds. The van der Waals surface area contributed by atoms with Crippen LogP contribution in [-0.4, -0.2) is 30.9 Å². The van der Waals surface area contributed by atoms with E-state index >= 15 is 0 Å². The van der Waals surface area contributed by atoms with Crippen LogP contribution in [0.1, 0.15) is 12.5 Å². The predicted molar refractivity (Wildman–Crippen MR) is 137 cm³/mol. The third kappa shape index (κ3) is 4.70. The number of carbonyl (C=O) groups is 1. The number of anilines is 1. The number of nitrogens with zero attached hydrogens (tertiary/aromatic N) is 4. The first-order valence-electron chi connectivity index (χ1n) is 11.0. The lowest BCUT2D eigenvalue weighted by Gasteiger charge is -2.15. The van der Waals surface area contributed by atoms with Crippen LogP contribution in [0.5, 0.6) is 0 Å². The monoisotopic (exact) mass is 465 g/mol. The van der Waals surface area contributed by atoms with E-state index in [1.54, 1.807) is 12.4 Å². The van der Waals surface area contributed by atoms with Gasteiger partial charge in [-0.15, -0.1) is 10.2 Å². The van der Waals surface area contributed by atoms with Crippen LogP contribution in [0.3, 0.4) is 0 Å². The Hall–Kier alpha value is -3.97. The lowest BCUT2D eigenvalue weighted by atomic mass is 10.1. The Kier molecular flexibility index (Phi) is 6.35. The van der Waals surface area contributed by atoms with Crippen LogP contribution in [0.25, 0.3) is 22.2 Å². The zero-order chi connectivity index (χ0) is 23.3. The van der Waals surface area contributed by atoms with E-state index in [4.69, 9.17) is 0 Å². The van der Waals surface area contributed by atoms with Crippen molar-refractivity contribution < 1.29 is 4.79 Å². The largest absolute Gasteiger partial charge is 0.325 e. The summed E-state index contributed by atoms with van der Waals surface area (Å²) >= 11 is 1.40. The molecule has 7 heteroatoms. The normalized spacial score (nSPS) is 11.9. The first-order chi connectivity index (χ1) is 16.7. The van der Waals surface area contributed by atoms with Crippen molar-refractivity contribution >= 4 is 34.1 Å². The van der Waals surface area contributed by atoms with E-state index in [1.807, 2.05) is 79.7 Å². The molecular weight excluding hydrogens is 442 g/mol. The van der Waals surface area contributed by atoms with E-state index in [-0.39, 0.29) is 11.2 Å². The molecule has 168 valence electrons. The van der Waals surface area contributed by atoms with Crippen LogP contribution in [0.4, 0.5) is 5.69 Å². The fraction of sp³-hybridized carbons (Fsp3) is 0.111. The lowest BCUT2D eigenvalue weighted by Crippen LogP contribution is -2.23. The van der Waals surface area contributed by atoms with Gasteiger partial charge in [-0.25, -0.2) is 0 Å². The summed E-state index contributed by atoms with van der Waals surface area (Å²) in [5.74, 6) is 0.663. The molecule has 3 aromatic carbocycles. The highest BCUT2D eigenvalue weighted by Crippen LogP contribution is 2.29. The second-order valence-electron chi connectivity index (χ2n) is 7.89. The maximum Gasteiger partial charge on any atom is 0.237 e. The molecule has 0 aliphatic heterocycles. The third-order valence-electron chi connectivity index (χ3n) is 5.54. The maximum absolute atomic E-state index is 13.1. The Bertz CT molecular complexity index is 1410. The average Bonchev–Trinajstić information content (AvgIpc) is 3.27. The van der Waals surface area contributed by atoms with Gasteiger partial charge >= 0.3 is 0 Å². The van der Waals surface area contributed by atoms with Gasteiger partial charge in [-0.1, -0.05) is 78.5 Å². The van der Waals surface area contributed by atoms with Crippen molar-refractivity contribution in [3.8, 4) is 11.4 Å². The SMILES string of the molecule is CC(Sc1nnc(-c2ccncc2)n1Cc1ccccc1)C(=O)Nc1cccc2ccccc12. The van der Waals surface area contributed by atoms with Gasteiger partial charge < -0.3 is 5.32 Å². The number of amides is 1. The standard InChI is InChI=1S/C27H23N5OS/c1-19(26(33)29-24-13-7-11-21-10-5-6-12-23(21)24)34-27-31-30-25(22-14-16-28-17-15-22)32(27)18-20-8-3-2-4-9-20/h2-17,19H,18H2,1H3,(H,29,33). The molecule has 5 aromatic rings. The molecule has 0 spiro atoms. The quantitative estimate of drug-likeness (QED) is 0.314. The van der Waals surface area contributed by atoms with E-state index in [9.17, 15) is 4.79 Å². The van der Waals surface area contributed by atoms with Gasteiger partial charge in [0.1, 0.15) is 0 Å². The molecule has 0 radical (unpaired) electrons. The molecule has 2 aromatic heterocycles. The summed E-state index contributed by atoms with van der Waals surface area (Å²) in [4.78, 5) is 17.2. The van der Waals surface area contributed by atoms with E-state index in [2.05, 4.69) is 37.2 Å². The highest BCUT2D eigenvalue weighted by Gasteiger charge is 2.21. The van der Waals surface area contributed by atoms with Crippen molar-refractivity contribution in [1.82, 2.24) is 19.7 Å². The van der Waals surface area contributed by atoms with Gasteiger partial charge in [-0.05, 0) is 36.1 Å². The van der Waals surface area contributed by atoms with Crippen molar-refractivity contribution in [3.63, 3.8) is 0 Å².